The molecular weight excluding hydrogens is 278 g/mol. The zero-order chi connectivity index (χ0) is 12.1. The number of hydrogen-bond donors (Lipinski definition) is 1. The summed E-state index contributed by atoms with van der Waals surface area (Å²) >= 11 is 3.43. The van der Waals surface area contributed by atoms with Crippen LogP contribution in [0.15, 0.2) is 28.7 Å². The Balaban J connectivity index is 1.59. The zero-order valence-corrected chi connectivity index (χ0v) is 11.9. The van der Waals surface area contributed by atoms with E-state index in [0.717, 1.165) is 23.7 Å². The Bertz CT molecular complexity index is 335. The van der Waals surface area contributed by atoms with Gasteiger partial charge in [0, 0.05) is 17.1 Å². The van der Waals surface area contributed by atoms with Gasteiger partial charge in [-0.15, -0.1) is 0 Å². The van der Waals surface area contributed by atoms with Crippen LogP contribution < -0.4 is 5.32 Å². The third-order valence-corrected chi connectivity index (χ3v) is 3.45. The Morgan fingerprint density at radius 3 is 2.71 bits per heavy atom. The summed E-state index contributed by atoms with van der Waals surface area (Å²) in [5, 5.41) is 3.53. The second-order valence-electron chi connectivity index (χ2n) is 4.93. The lowest BCUT2D eigenvalue weighted by atomic mass is 10.2. The first kappa shape index (κ1) is 13.1. The molecule has 1 aromatic rings. The van der Waals surface area contributed by atoms with Crippen molar-refractivity contribution in [2.45, 2.75) is 32.4 Å². The molecule has 0 spiro atoms. The van der Waals surface area contributed by atoms with Crippen LogP contribution in [0.1, 0.15) is 25.3 Å². The molecule has 3 heteroatoms. The molecule has 1 aliphatic carbocycles. The molecule has 1 aliphatic rings. The molecule has 1 atom stereocenters. The molecular formula is C14H20BrNO. The molecule has 94 valence electrons. The van der Waals surface area contributed by atoms with Crippen LogP contribution in [0.3, 0.4) is 0 Å². The quantitative estimate of drug-likeness (QED) is 0.833. The maximum Gasteiger partial charge on any atom is 0.0717 e. The molecule has 0 aliphatic heterocycles. The van der Waals surface area contributed by atoms with E-state index < -0.39 is 0 Å². The molecule has 0 heterocycles. The topological polar surface area (TPSA) is 21.3 Å². The summed E-state index contributed by atoms with van der Waals surface area (Å²) in [6, 6.07) is 9.09. The fraction of sp³-hybridized carbons (Fsp3) is 0.571. The Morgan fingerprint density at radius 1 is 1.35 bits per heavy atom. The molecule has 1 aromatic carbocycles. The minimum atomic E-state index is 0.589. The molecule has 1 saturated carbocycles. The summed E-state index contributed by atoms with van der Waals surface area (Å²) in [5.41, 5.74) is 1.23. The van der Waals surface area contributed by atoms with Crippen molar-refractivity contribution in [2.75, 3.05) is 13.2 Å². The number of ether oxygens (including phenoxy) is 1. The number of rotatable bonds is 7. The van der Waals surface area contributed by atoms with Gasteiger partial charge in [-0.1, -0.05) is 35.0 Å². The van der Waals surface area contributed by atoms with E-state index in [2.05, 4.69) is 52.4 Å². The summed E-state index contributed by atoms with van der Waals surface area (Å²) in [4.78, 5) is 0. The zero-order valence-electron chi connectivity index (χ0n) is 10.3. The highest BCUT2D eigenvalue weighted by atomic mass is 79.9. The van der Waals surface area contributed by atoms with Crippen LogP contribution in [0.2, 0.25) is 0 Å². The van der Waals surface area contributed by atoms with Gasteiger partial charge < -0.3 is 10.1 Å². The van der Waals surface area contributed by atoms with Crippen LogP contribution in [0, 0.1) is 5.92 Å². The van der Waals surface area contributed by atoms with E-state index in [4.69, 9.17) is 4.74 Å². The van der Waals surface area contributed by atoms with Crippen LogP contribution in [-0.4, -0.2) is 19.2 Å². The molecule has 1 fully saturated rings. The summed E-state index contributed by atoms with van der Waals surface area (Å²) in [6.45, 7) is 4.85. The average molecular weight is 298 g/mol. The monoisotopic (exact) mass is 297 g/mol. The van der Waals surface area contributed by atoms with Crippen molar-refractivity contribution in [3.63, 3.8) is 0 Å². The molecule has 0 radical (unpaired) electrons. The third kappa shape index (κ3) is 5.19. The Morgan fingerprint density at radius 2 is 2.06 bits per heavy atom. The first-order valence-corrected chi connectivity index (χ1v) is 7.09. The molecule has 0 amide bonds. The summed E-state index contributed by atoms with van der Waals surface area (Å²) in [5.74, 6) is 0.589. The maximum absolute atomic E-state index is 5.72. The lowest BCUT2D eigenvalue weighted by Crippen LogP contribution is -2.25. The summed E-state index contributed by atoms with van der Waals surface area (Å²) in [6.07, 6.45) is 2.71. The van der Waals surface area contributed by atoms with Gasteiger partial charge in [0.15, 0.2) is 0 Å². The van der Waals surface area contributed by atoms with Crippen molar-refractivity contribution in [1.82, 2.24) is 5.32 Å². The summed E-state index contributed by atoms with van der Waals surface area (Å²) < 4.78 is 6.83. The second kappa shape index (κ2) is 6.53. The smallest absolute Gasteiger partial charge is 0.0717 e. The summed E-state index contributed by atoms with van der Waals surface area (Å²) in [7, 11) is 0. The minimum Gasteiger partial charge on any atom is -0.376 e. The van der Waals surface area contributed by atoms with Crippen LogP contribution in [0.25, 0.3) is 0 Å². The van der Waals surface area contributed by atoms with E-state index in [0.29, 0.717) is 12.5 Å². The molecule has 1 N–H and O–H groups in total. The number of halogens is 1. The Hall–Kier alpha value is -0.380. The first-order valence-electron chi connectivity index (χ1n) is 6.29. The van der Waals surface area contributed by atoms with Gasteiger partial charge in [-0.3, -0.25) is 0 Å². The van der Waals surface area contributed by atoms with Gasteiger partial charge in [-0.2, -0.15) is 0 Å². The Kier molecular flexibility index (Phi) is 5.01. The van der Waals surface area contributed by atoms with Crippen molar-refractivity contribution in [3.8, 4) is 0 Å². The molecule has 2 rings (SSSR count). The van der Waals surface area contributed by atoms with Gasteiger partial charge in [0.1, 0.15) is 0 Å². The largest absolute Gasteiger partial charge is 0.376 e. The predicted octanol–water partition coefficient (Wildman–Crippen LogP) is 3.35. The highest BCUT2D eigenvalue weighted by molar-refractivity contribution is 9.10. The van der Waals surface area contributed by atoms with Crippen molar-refractivity contribution in [1.29, 1.82) is 0 Å². The van der Waals surface area contributed by atoms with E-state index in [1.54, 1.807) is 0 Å². The third-order valence-electron chi connectivity index (χ3n) is 2.92. The molecule has 17 heavy (non-hydrogen) atoms. The van der Waals surface area contributed by atoms with Gasteiger partial charge in [-0.05, 0) is 36.5 Å². The van der Waals surface area contributed by atoms with Gasteiger partial charge >= 0.3 is 0 Å². The highest BCUT2D eigenvalue weighted by Crippen LogP contribution is 2.18. The van der Waals surface area contributed by atoms with Crippen LogP contribution in [0.4, 0.5) is 0 Å². The van der Waals surface area contributed by atoms with Crippen molar-refractivity contribution < 1.29 is 4.74 Å². The number of hydrogen-bond acceptors (Lipinski definition) is 2. The minimum absolute atomic E-state index is 0.589. The van der Waals surface area contributed by atoms with Gasteiger partial charge in [0.05, 0.1) is 13.2 Å². The van der Waals surface area contributed by atoms with Crippen LogP contribution in [0.5, 0.6) is 0 Å². The van der Waals surface area contributed by atoms with E-state index in [1.807, 2.05) is 0 Å². The lowest BCUT2D eigenvalue weighted by molar-refractivity contribution is 0.0917. The molecule has 0 aromatic heterocycles. The van der Waals surface area contributed by atoms with E-state index in [9.17, 15) is 0 Å². The molecule has 2 nitrogen and oxygen atoms in total. The standard InChI is InChI=1S/C14H20BrNO/c1-11(8-16-14-6-7-14)9-17-10-12-2-4-13(15)5-3-12/h2-5,11,14,16H,6-10H2,1H3. The molecule has 1 unspecified atom stereocenters. The molecule has 0 saturated heterocycles. The highest BCUT2D eigenvalue weighted by Gasteiger charge is 2.20. The van der Waals surface area contributed by atoms with Gasteiger partial charge in [0.2, 0.25) is 0 Å². The SMILES string of the molecule is CC(CNC1CC1)COCc1ccc(Br)cc1. The number of benzene rings is 1. The Labute approximate surface area is 112 Å². The van der Waals surface area contributed by atoms with Crippen molar-refractivity contribution >= 4 is 15.9 Å². The average Bonchev–Trinajstić information content (AvgIpc) is 3.13. The van der Waals surface area contributed by atoms with Crippen LogP contribution >= 0.6 is 15.9 Å². The van der Waals surface area contributed by atoms with Gasteiger partial charge in [0.25, 0.3) is 0 Å². The predicted molar refractivity (Wildman–Crippen MR) is 74.0 cm³/mol. The lowest BCUT2D eigenvalue weighted by Gasteiger charge is -2.12. The maximum atomic E-state index is 5.72. The molecule has 0 bridgehead atoms. The van der Waals surface area contributed by atoms with E-state index in [1.165, 1.54) is 18.4 Å². The van der Waals surface area contributed by atoms with Gasteiger partial charge in [-0.25, -0.2) is 0 Å². The van der Waals surface area contributed by atoms with Crippen molar-refractivity contribution in [3.05, 3.63) is 34.3 Å². The second-order valence-corrected chi connectivity index (χ2v) is 5.84. The van der Waals surface area contributed by atoms with Crippen molar-refractivity contribution in [2.24, 2.45) is 5.92 Å². The first-order chi connectivity index (χ1) is 8.24. The van der Waals surface area contributed by atoms with Crippen LogP contribution in [-0.2, 0) is 11.3 Å². The van der Waals surface area contributed by atoms with E-state index in [-0.39, 0.29) is 0 Å². The van der Waals surface area contributed by atoms with E-state index >= 15 is 0 Å². The fourth-order valence-electron chi connectivity index (χ4n) is 1.67. The normalized spacial score (nSPS) is 17.1. The number of nitrogens with one attached hydrogen (secondary N) is 1. The fourth-order valence-corrected chi connectivity index (χ4v) is 1.94.